The van der Waals surface area contributed by atoms with Crippen molar-refractivity contribution in [1.82, 2.24) is 0 Å². The fraction of sp³-hybridized carbons (Fsp3) is 0.650. The van der Waals surface area contributed by atoms with Gasteiger partial charge in [0.25, 0.3) is 0 Å². The molecule has 4 atom stereocenters. The molecule has 0 radical (unpaired) electrons. The molecule has 1 aromatic rings. The molecule has 4 aliphatic rings. The second-order valence-corrected chi connectivity index (χ2v) is 8.44. The smallest absolute Gasteiger partial charge is 0.227 e. The van der Waals surface area contributed by atoms with Gasteiger partial charge in [-0.2, -0.15) is 0 Å². The highest BCUT2D eigenvalue weighted by atomic mass is 16.7. The summed E-state index contributed by atoms with van der Waals surface area (Å²) in [5.74, 6) is 0.796. The Bertz CT molecular complexity index is 771. The Balaban J connectivity index is 1.78. The van der Waals surface area contributed by atoms with Gasteiger partial charge in [-0.15, -0.1) is 0 Å². The average Bonchev–Trinajstić information content (AvgIpc) is 3.14. The first-order valence-electron chi connectivity index (χ1n) is 9.17. The van der Waals surface area contributed by atoms with Crippen molar-refractivity contribution < 1.29 is 19.0 Å². The van der Waals surface area contributed by atoms with E-state index in [9.17, 15) is 4.79 Å². The van der Waals surface area contributed by atoms with E-state index in [4.69, 9.17) is 14.2 Å². The van der Waals surface area contributed by atoms with Gasteiger partial charge in [-0.1, -0.05) is 19.9 Å². The number of nitrogens with zero attached hydrogens (tertiary/aromatic N) is 1. The van der Waals surface area contributed by atoms with Crippen molar-refractivity contribution in [2.45, 2.75) is 50.4 Å². The minimum absolute atomic E-state index is 0.156. The first-order valence-corrected chi connectivity index (χ1v) is 9.17. The molecule has 0 unspecified atom stereocenters. The van der Waals surface area contributed by atoms with Crippen LogP contribution in [-0.2, 0) is 19.7 Å². The van der Waals surface area contributed by atoms with E-state index in [1.54, 1.807) is 7.11 Å². The summed E-state index contributed by atoms with van der Waals surface area (Å²) in [5.41, 5.74) is 1.66. The summed E-state index contributed by atoms with van der Waals surface area (Å²) in [6.07, 6.45) is 1.32. The number of anilines is 1. The zero-order valence-corrected chi connectivity index (χ0v) is 15.3. The number of amides is 1. The Labute approximate surface area is 148 Å². The Morgan fingerprint density at radius 3 is 2.64 bits per heavy atom. The van der Waals surface area contributed by atoms with Gasteiger partial charge in [-0.25, -0.2) is 0 Å². The summed E-state index contributed by atoms with van der Waals surface area (Å²) in [4.78, 5) is 15.2. The van der Waals surface area contributed by atoms with E-state index in [1.807, 2.05) is 17.0 Å². The monoisotopic (exact) mass is 343 g/mol. The first kappa shape index (κ1) is 15.6. The Kier molecular flexibility index (Phi) is 2.86. The van der Waals surface area contributed by atoms with E-state index in [2.05, 4.69) is 26.8 Å². The molecule has 25 heavy (non-hydrogen) atoms. The summed E-state index contributed by atoms with van der Waals surface area (Å²) in [5, 5.41) is 0. The number of hydrogen-bond acceptors (Lipinski definition) is 4. The van der Waals surface area contributed by atoms with Gasteiger partial charge >= 0.3 is 0 Å². The van der Waals surface area contributed by atoms with E-state index in [1.165, 1.54) is 5.56 Å². The SMILES string of the molecule is COc1ccc2c(c1)N1C(=O)C[C@H](C)[C@H]3C4(C[C@]2(C)[C@]31C)OCCO4. The Hall–Kier alpha value is -1.59. The molecule has 134 valence electrons. The van der Waals surface area contributed by atoms with Crippen molar-refractivity contribution >= 4 is 11.6 Å². The molecule has 1 aliphatic carbocycles. The van der Waals surface area contributed by atoms with Crippen molar-refractivity contribution in [2.24, 2.45) is 11.8 Å². The number of ether oxygens (including phenoxy) is 3. The fourth-order valence-electron chi connectivity index (χ4n) is 6.46. The van der Waals surface area contributed by atoms with Crippen LogP contribution < -0.4 is 9.64 Å². The lowest BCUT2D eigenvalue weighted by Gasteiger charge is -2.51. The minimum atomic E-state index is -0.570. The third-order valence-electron chi connectivity index (χ3n) is 7.39. The molecular formula is C20H25NO4. The van der Waals surface area contributed by atoms with Gasteiger partial charge in [-0.3, -0.25) is 4.79 Å². The zero-order chi connectivity index (χ0) is 17.6. The molecule has 0 bridgehead atoms. The van der Waals surface area contributed by atoms with Crippen LogP contribution in [0.4, 0.5) is 5.69 Å². The zero-order valence-electron chi connectivity index (χ0n) is 15.3. The average molecular weight is 343 g/mol. The first-order chi connectivity index (χ1) is 11.9. The van der Waals surface area contributed by atoms with E-state index < -0.39 is 5.79 Å². The lowest BCUT2D eigenvalue weighted by Crippen LogP contribution is -2.64. The highest BCUT2D eigenvalue weighted by Gasteiger charge is 2.77. The van der Waals surface area contributed by atoms with E-state index in [-0.39, 0.29) is 28.7 Å². The van der Waals surface area contributed by atoms with Gasteiger partial charge in [0.05, 0.1) is 31.5 Å². The maximum Gasteiger partial charge on any atom is 0.227 e. The molecule has 1 amide bonds. The van der Waals surface area contributed by atoms with Gasteiger partial charge in [-0.05, 0) is 24.5 Å². The Morgan fingerprint density at radius 1 is 1.24 bits per heavy atom. The summed E-state index contributed by atoms with van der Waals surface area (Å²) < 4.78 is 17.9. The van der Waals surface area contributed by atoms with Crippen LogP contribution in [0.1, 0.15) is 39.2 Å². The van der Waals surface area contributed by atoms with Crippen molar-refractivity contribution in [1.29, 1.82) is 0 Å². The lowest BCUT2D eigenvalue weighted by atomic mass is 9.64. The summed E-state index contributed by atoms with van der Waals surface area (Å²) in [6.45, 7) is 7.96. The number of benzene rings is 1. The van der Waals surface area contributed by atoms with E-state index >= 15 is 0 Å². The second-order valence-electron chi connectivity index (χ2n) is 8.44. The standard InChI is InChI=1S/C20H25NO4/c1-12-9-16(22)21-15-10-13(23-4)5-6-14(15)18(2)11-20(24-7-8-25-20)17(12)19(18,21)3/h5-6,10,12,17H,7-9,11H2,1-4H3/t12-,17+,18-,19-/m0/s1. The van der Waals surface area contributed by atoms with Crippen LogP contribution in [0.2, 0.25) is 0 Å². The van der Waals surface area contributed by atoms with Gasteiger partial charge in [0.2, 0.25) is 5.91 Å². The maximum absolute atomic E-state index is 13.1. The predicted octanol–water partition coefficient (Wildman–Crippen LogP) is 2.86. The third kappa shape index (κ3) is 1.56. The van der Waals surface area contributed by atoms with Crippen LogP contribution in [0.3, 0.4) is 0 Å². The number of piperidine rings is 1. The molecule has 5 rings (SSSR count). The van der Waals surface area contributed by atoms with Crippen LogP contribution >= 0.6 is 0 Å². The topological polar surface area (TPSA) is 48.0 Å². The van der Waals surface area contributed by atoms with Gasteiger partial charge in [0.15, 0.2) is 5.79 Å². The van der Waals surface area contributed by atoms with Gasteiger partial charge < -0.3 is 19.1 Å². The number of methoxy groups -OCH3 is 1. The van der Waals surface area contributed by atoms with Crippen LogP contribution in [0.5, 0.6) is 5.75 Å². The van der Waals surface area contributed by atoms with Crippen molar-refractivity contribution in [2.75, 3.05) is 25.2 Å². The van der Waals surface area contributed by atoms with Crippen molar-refractivity contribution in [3.8, 4) is 5.75 Å². The molecule has 3 fully saturated rings. The number of fused-ring (bicyclic) bond motifs is 4. The maximum atomic E-state index is 13.1. The molecule has 0 N–H and O–H groups in total. The van der Waals surface area contributed by atoms with E-state index in [0.29, 0.717) is 19.6 Å². The van der Waals surface area contributed by atoms with Gasteiger partial charge in [0.1, 0.15) is 5.75 Å². The van der Waals surface area contributed by atoms with E-state index in [0.717, 1.165) is 17.9 Å². The van der Waals surface area contributed by atoms with Crippen molar-refractivity contribution in [3.63, 3.8) is 0 Å². The third-order valence-corrected chi connectivity index (χ3v) is 7.39. The molecule has 3 heterocycles. The molecule has 3 aliphatic heterocycles. The van der Waals surface area contributed by atoms with Crippen LogP contribution in [0.15, 0.2) is 18.2 Å². The van der Waals surface area contributed by atoms with Gasteiger partial charge in [0, 0.05) is 30.2 Å². The number of carbonyl (C=O) groups is 1. The highest BCUT2D eigenvalue weighted by molar-refractivity contribution is 6.00. The summed E-state index contributed by atoms with van der Waals surface area (Å²) in [7, 11) is 1.67. The summed E-state index contributed by atoms with van der Waals surface area (Å²) >= 11 is 0. The predicted molar refractivity (Wildman–Crippen MR) is 92.8 cm³/mol. The molecule has 1 saturated carbocycles. The lowest BCUT2D eigenvalue weighted by molar-refractivity contribution is -0.202. The molecule has 2 saturated heterocycles. The number of carbonyl (C=O) groups excluding carboxylic acids is 1. The summed E-state index contributed by atoms with van der Waals surface area (Å²) in [6, 6.07) is 6.13. The second kappa shape index (κ2) is 4.57. The minimum Gasteiger partial charge on any atom is -0.497 e. The van der Waals surface area contributed by atoms with Crippen molar-refractivity contribution in [3.05, 3.63) is 23.8 Å². The molecule has 1 spiro atoms. The van der Waals surface area contributed by atoms with Crippen LogP contribution in [0.25, 0.3) is 0 Å². The number of rotatable bonds is 1. The quantitative estimate of drug-likeness (QED) is 0.787. The molecule has 1 aromatic carbocycles. The Morgan fingerprint density at radius 2 is 1.96 bits per heavy atom. The fourth-order valence-corrected chi connectivity index (χ4v) is 6.46. The molecule has 0 aromatic heterocycles. The molecular weight excluding hydrogens is 318 g/mol. The largest absolute Gasteiger partial charge is 0.497 e. The number of hydrogen-bond donors (Lipinski definition) is 0. The molecule has 5 nitrogen and oxygen atoms in total. The van der Waals surface area contributed by atoms with Crippen LogP contribution in [0, 0.1) is 11.8 Å². The van der Waals surface area contributed by atoms with Crippen LogP contribution in [-0.4, -0.2) is 37.6 Å². The highest BCUT2D eigenvalue weighted by Crippen LogP contribution is 2.70. The molecule has 5 heteroatoms. The normalized spacial score (nSPS) is 40.5.